The smallest absolute Gasteiger partial charge is 0.490 e. The summed E-state index contributed by atoms with van der Waals surface area (Å²) in [5.74, 6) is 1.34. The molecule has 0 aromatic heterocycles. The number of methoxy groups -OCH3 is 1. The van der Waals surface area contributed by atoms with Crippen LogP contribution in [-0.4, -0.2) is 25.4 Å². The van der Waals surface area contributed by atoms with Gasteiger partial charge in [0, 0.05) is 5.92 Å². The summed E-state index contributed by atoms with van der Waals surface area (Å²) in [5, 5.41) is 0. The molecular formula is C18H25BO3. The van der Waals surface area contributed by atoms with Crippen LogP contribution in [0.2, 0.25) is 0 Å². The standard InChI is InChI=1S/C18H25BO3/c1-17(2)18(3,4)22-19(21-17)15-9-6-14(12-15)13-7-10-16(20-5)11-8-13/h7-8,10-12,14H,6,9H2,1-5H3/t14-/m0/s1. The van der Waals surface area contributed by atoms with Crippen LogP contribution in [0.25, 0.3) is 0 Å². The van der Waals surface area contributed by atoms with Crippen molar-refractivity contribution >= 4 is 7.12 Å². The summed E-state index contributed by atoms with van der Waals surface area (Å²) in [6.07, 6.45) is 4.48. The third-order valence-electron chi connectivity index (χ3n) is 5.26. The minimum Gasteiger partial charge on any atom is -0.497 e. The minimum absolute atomic E-state index is 0.201. The lowest BCUT2D eigenvalue weighted by molar-refractivity contribution is 0.00578. The zero-order valence-electron chi connectivity index (χ0n) is 14.2. The van der Waals surface area contributed by atoms with Crippen LogP contribution in [0.5, 0.6) is 5.75 Å². The second-order valence-electron chi connectivity index (χ2n) is 7.25. The van der Waals surface area contributed by atoms with E-state index in [0.717, 1.165) is 18.6 Å². The van der Waals surface area contributed by atoms with Crippen LogP contribution >= 0.6 is 0 Å². The van der Waals surface area contributed by atoms with Crippen molar-refractivity contribution in [2.24, 2.45) is 0 Å². The fourth-order valence-corrected chi connectivity index (χ4v) is 3.05. The van der Waals surface area contributed by atoms with E-state index < -0.39 is 0 Å². The van der Waals surface area contributed by atoms with Gasteiger partial charge in [0.1, 0.15) is 5.75 Å². The molecule has 1 aromatic carbocycles. The molecule has 118 valence electrons. The van der Waals surface area contributed by atoms with Gasteiger partial charge in [0.15, 0.2) is 0 Å². The molecule has 3 nitrogen and oxygen atoms in total. The highest BCUT2D eigenvalue weighted by Gasteiger charge is 2.52. The second kappa shape index (κ2) is 5.43. The first-order valence-corrected chi connectivity index (χ1v) is 8.02. The summed E-state index contributed by atoms with van der Waals surface area (Å²) in [5.41, 5.74) is 2.07. The van der Waals surface area contributed by atoms with Gasteiger partial charge in [-0.15, -0.1) is 0 Å². The summed E-state index contributed by atoms with van der Waals surface area (Å²) >= 11 is 0. The van der Waals surface area contributed by atoms with Crippen molar-refractivity contribution in [2.45, 2.75) is 57.7 Å². The van der Waals surface area contributed by atoms with E-state index in [1.165, 1.54) is 11.0 Å². The maximum atomic E-state index is 6.16. The van der Waals surface area contributed by atoms with Crippen molar-refractivity contribution < 1.29 is 14.0 Å². The molecule has 0 saturated carbocycles. The Morgan fingerprint density at radius 1 is 1.05 bits per heavy atom. The number of ether oxygens (including phenoxy) is 1. The van der Waals surface area contributed by atoms with E-state index in [2.05, 4.69) is 45.9 Å². The predicted octanol–water partition coefficient (Wildman–Crippen LogP) is 4.13. The maximum absolute atomic E-state index is 6.16. The summed E-state index contributed by atoms with van der Waals surface area (Å²) in [6, 6.07) is 8.34. The van der Waals surface area contributed by atoms with Crippen molar-refractivity contribution in [3.8, 4) is 5.75 Å². The molecule has 4 heteroatoms. The van der Waals surface area contributed by atoms with Crippen molar-refractivity contribution in [2.75, 3.05) is 7.11 Å². The van der Waals surface area contributed by atoms with E-state index >= 15 is 0 Å². The average molecular weight is 300 g/mol. The largest absolute Gasteiger partial charge is 0.497 e. The molecule has 1 aromatic rings. The fourth-order valence-electron chi connectivity index (χ4n) is 3.05. The third-order valence-corrected chi connectivity index (χ3v) is 5.26. The number of hydrogen-bond acceptors (Lipinski definition) is 3. The van der Waals surface area contributed by atoms with Gasteiger partial charge in [-0.25, -0.2) is 0 Å². The molecule has 0 radical (unpaired) electrons. The molecule has 0 N–H and O–H groups in total. The topological polar surface area (TPSA) is 27.7 Å². The molecule has 0 unspecified atom stereocenters. The molecule has 1 aliphatic carbocycles. The number of benzene rings is 1. The second-order valence-corrected chi connectivity index (χ2v) is 7.25. The van der Waals surface area contributed by atoms with Gasteiger partial charge in [0.25, 0.3) is 0 Å². The summed E-state index contributed by atoms with van der Waals surface area (Å²) in [6.45, 7) is 8.40. The first-order chi connectivity index (χ1) is 10.3. The van der Waals surface area contributed by atoms with Gasteiger partial charge in [0.05, 0.1) is 18.3 Å². The average Bonchev–Trinajstić information content (AvgIpc) is 3.03. The van der Waals surface area contributed by atoms with E-state index in [4.69, 9.17) is 14.0 Å². The first-order valence-electron chi connectivity index (χ1n) is 8.02. The molecule has 2 aliphatic rings. The molecule has 0 amide bonds. The molecule has 0 bridgehead atoms. The van der Waals surface area contributed by atoms with Crippen LogP contribution in [-0.2, 0) is 9.31 Å². The maximum Gasteiger partial charge on any atom is 0.490 e. The number of allylic oxidation sites excluding steroid dienone is 2. The van der Waals surface area contributed by atoms with Gasteiger partial charge >= 0.3 is 7.12 Å². The van der Waals surface area contributed by atoms with Crippen molar-refractivity contribution in [3.05, 3.63) is 41.4 Å². The lowest BCUT2D eigenvalue weighted by Gasteiger charge is -2.32. The van der Waals surface area contributed by atoms with Gasteiger partial charge in [-0.1, -0.05) is 18.2 Å². The van der Waals surface area contributed by atoms with Gasteiger partial charge in [-0.3, -0.25) is 0 Å². The molecule has 1 saturated heterocycles. The zero-order valence-corrected chi connectivity index (χ0v) is 14.2. The number of hydrogen-bond donors (Lipinski definition) is 0. The third kappa shape index (κ3) is 2.70. The lowest BCUT2D eigenvalue weighted by atomic mass is 9.78. The Balaban J connectivity index is 1.75. The highest BCUT2D eigenvalue weighted by atomic mass is 16.7. The normalized spacial score (nSPS) is 26.1. The van der Waals surface area contributed by atoms with Crippen molar-refractivity contribution in [1.29, 1.82) is 0 Å². The van der Waals surface area contributed by atoms with Crippen molar-refractivity contribution in [1.82, 2.24) is 0 Å². The summed E-state index contributed by atoms with van der Waals surface area (Å²) in [7, 11) is 1.49. The number of rotatable bonds is 3. The summed E-state index contributed by atoms with van der Waals surface area (Å²) < 4.78 is 17.5. The first kappa shape index (κ1) is 15.6. The van der Waals surface area contributed by atoms with E-state index in [0.29, 0.717) is 5.92 Å². The SMILES string of the molecule is COc1ccc([C@@H]2C=C(B3OC(C)(C)C(C)(C)O3)CC2)cc1. The van der Waals surface area contributed by atoms with Gasteiger partial charge in [0.2, 0.25) is 0 Å². The quantitative estimate of drug-likeness (QED) is 0.786. The molecule has 3 rings (SSSR count). The van der Waals surface area contributed by atoms with Gasteiger partial charge in [-0.2, -0.15) is 0 Å². The lowest BCUT2D eigenvalue weighted by Crippen LogP contribution is -2.41. The van der Waals surface area contributed by atoms with E-state index in [9.17, 15) is 0 Å². The van der Waals surface area contributed by atoms with Crippen LogP contribution in [0.1, 0.15) is 52.0 Å². The van der Waals surface area contributed by atoms with E-state index in [1.54, 1.807) is 7.11 Å². The molecule has 0 spiro atoms. The molecule has 1 fully saturated rings. The monoisotopic (exact) mass is 300 g/mol. The van der Waals surface area contributed by atoms with Crippen LogP contribution < -0.4 is 4.74 Å². The predicted molar refractivity (Wildman–Crippen MR) is 89.1 cm³/mol. The van der Waals surface area contributed by atoms with Crippen LogP contribution in [0.15, 0.2) is 35.8 Å². The van der Waals surface area contributed by atoms with Crippen LogP contribution in [0, 0.1) is 0 Å². The van der Waals surface area contributed by atoms with E-state index in [-0.39, 0.29) is 18.3 Å². The highest BCUT2D eigenvalue weighted by Crippen LogP contribution is 2.42. The molecule has 1 atom stereocenters. The Hall–Kier alpha value is -1.26. The zero-order chi connectivity index (χ0) is 16.0. The van der Waals surface area contributed by atoms with Gasteiger partial charge < -0.3 is 14.0 Å². The molecule has 22 heavy (non-hydrogen) atoms. The molecule has 1 aliphatic heterocycles. The Kier molecular flexibility index (Phi) is 3.86. The Labute approximate surface area is 133 Å². The van der Waals surface area contributed by atoms with Crippen molar-refractivity contribution in [3.63, 3.8) is 0 Å². The molecule has 1 heterocycles. The fraction of sp³-hybridized carbons (Fsp3) is 0.556. The van der Waals surface area contributed by atoms with Gasteiger partial charge in [-0.05, 0) is 63.7 Å². The highest BCUT2D eigenvalue weighted by molar-refractivity contribution is 6.54. The summed E-state index contributed by atoms with van der Waals surface area (Å²) in [4.78, 5) is 0. The Bertz CT molecular complexity index is 558. The minimum atomic E-state index is -0.267. The van der Waals surface area contributed by atoms with Crippen LogP contribution in [0.4, 0.5) is 0 Å². The Morgan fingerprint density at radius 2 is 1.64 bits per heavy atom. The molecular weight excluding hydrogens is 275 g/mol. The Morgan fingerprint density at radius 3 is 2.18 bits per heavy atom. The van der Waals surface area contributed by atoms with Crippen LogP contribution in [0.3, 0.4) is 0 Å². The van der Waals surface area contributed by atoms with E-state index in [1.807, 2.05) is 12.1 Å².